The molecule has 0 saturated heterocycles. The van der Waals surface area contributed by atoms with E-state index in [1.54, 1.807) is 36.6 Å². The largest absolute Gasteiger partial charge is 0.462 e. The molecule has 0 atom stereocenters. The smallest absolute Gasteiger partial charge is 0.338 e. The Labute approximate surface area is 175 Å². The van der Waals surface area contributed by atoms with Crippen molar-refractivity contribution < 1.29 is 19.2 Å². The predicted molar refractivity (Wildman–Crippen MR) is 112 cm³/mol. The fourth-order valence-electron chi connectivity index (χ4n) is 2.83. The van der Waals surface area contributed by atoms with Crippen LogP contribution in [0.5, 0.6) is 0 Å². The number of hydrogen-bond donors (Lipinski definition) is 0. The van der Waals surface area contributed by atoms with Crippen LogP contribution in [0.2, 0.25) is 0 Å². The molecule has 3 rings (SSSR count). The van der Waals surface area contributed by atoms with Crippen LogP contribution in [0, 0.1) is 29.4 Å². The van der Waals surface area contributed by atoms with Crippen LogP contribution in [0.25, 0.3) is 10.2 Å². The number of esters is 1. The van der Waals surface area contributed by atoms with Gasteiger partial charge in [0.1, 0.15) is 0 Å². The second-order valence-electron chi connectivity index (χ2n) is 6.25. The molecular weight excluding hydrogens is 406 g/mol. The average molecular weight is 423 g/mol. The molecule has 9 heteroatoms. The van der Waals surface area contributed by atoms with Crippen molar-refractivity contribution in [3.8, 4) is 12.3 Å². The monoisotopic (exact) mass is 423 g/mol. The van der Waals surface area contributed by atoms with Gasteiger partial charge in [-0.3, -0.25) is 14.9 Å². The molecule has 0 N–H and O–H groups in total. The minimum Gasteiger partial charge on any atom is -0.462 e. The number of carbonyl (C=O) groups is 2. The fourth-order valence-corrected chi connectivity index (χ4v) is 3.90. The Morgan fingerprint density at radius 2 is 2.00 bits per heavy atom. The number of nitro benzene ring substituents is 1. The first-order chi connectivity index (χ1) is 14.3. The number of hydrogen-bond acceptors (Lipinski definition) is 6. The summed E-state index contributed by atoms with van der Waals surface area (Å²) >= 11 is 1.19. The van der Waals surface area contributed by atoms with Gasteiger partial charge in [-0.15, -0.1) is 6.42 Å². The van der Waals surface area contributed by atoms with Crippen LogP contribution in [-0.2, 0) is 11.3 Å². The standard InChI is InChI=1S/C21H17N3O5S/c1-4-10-23-16-9-8-15(20(26)29-5-2)12-18(16)30-21(23)22-19(25)14-7-6-13(3)17(11-14)24(27)28/h1,6-9,11-12H,5,10H2,2-3H3. The molecule has 1 amide bonds. The van der Waals surface area contributed by atoms with Crippen LogP contribution >= 0.6 is 11.3 Å². The molecule has 0 radical (unpaired) electrons. The predicted octanol–water partition coefficient (Wildman–Crippen LogP) is 3.47. The first-order valence-electron chi connectivity index (χ1n) is 8.93. The maximum absolute atomic E-state index is 12.7. The van der Waals surface area contributed by atoms with E-state index in [1.165, 1.54) is 29.5 Å². The molecule has 0 fully saturated rings. The Morgan fingerprint density at radius 1 is 1.27 bits per heavy atom. The van der Waals surface area contributed by atoms with Crippen molar-refractivity contribution >= 4 is 39.1 Å². The van der Waals surface area contributed by atoms with E-state index in [9.17, 15) is 19.7 Å². The molecular formula is C21H17N3O5S. The van der Waals surface area contributed by atoms with Crippen LogP contribution in [0.4, 0.5) is 5.69 Å². The van der Waals surface area contributed by atoms with Gasteiger partial charge in [0.15, 0.2) is 4.80 Å². The summed E-state index contributed by atoms with van der Waals surface area (Å²) in [6.45, 7) is 3.74. The molecule has 3 aromatic rings. The average Bonchev–Trinajstić information content (AvgIpc) is 3.04. The number of aromatic nitrogens is 1. The van der Waals surface area contributed by atoms with Crippen molar-refractivity contribution in [1.29, 1.82) is 0 Å². The highest BCUT2D eigenvalue weighted by Crippen LogP contribution is 2.22. The van der Waals surface area contributed by atoms with Crippen LogP contribution in [-0.4, -0.2) is 28.0 Å². The van der Waals surface area contributed by atoms with E-state index in [0.717, 1.165) is 0 Å². The van der Waals surface area contributed by atoms with E-state index in [4.69, 9.17) is 11.2 Å². The maximum Gasteiger partial charge on any atom is 0.338 e. The molecule has 0 aliphatic carbocycles. The van der Waals surface area contributed by atoms with Gasteiger partial charge in [-0.05, 0) is 38.1 Å². The van der Waals surface area contributed by atoms with Crippen LogP contribution in [0.1, 0.15) is 33.2 Å². The van der Waals surface area contributed by atoms with Gasteiger partial charge in [-0.1, -0.05) is 23.3 Å². The van der Waals surface area contributed by atoms with Gasteiger partial charge >= 0.3 is 5.97 Å². The number of ether oxygens (including phenoxy) is 1. The van der Waals surface area contributed by atoms with Gasteiger partial charge in [0.25, 0.3) is 11.6 Å². The van der Waals surface area contributed by atoms with E-state index < -0.39 is 16.8 Å². The number of terminal acetylenes is 1. The maximum atomic E-state index is 12.7. The van der Waals surface area contributed by atoms with Crippen molar-refractivity contribution in [1.82, 2.24) is 4.57 Å². The van der Waals surface area contributed by atoms with Crippen molar-refractivity contribution in [2.75, 3.05) is 6.61 Å². The van der Waals surface area contributed by atoms with E-state index in [1.807, 2.05) is 0 Å². The van der Waals surface area contributed by atoms with E-state index in [0.29, 0.717) is 26.1 Å². The molecule has 0 aliphatic rings. The first-order valence-corrected chi connectivity index (χ1v) is 9.75. The van der Waals surface area contributed by atoms with Gasteiger partial charge in [0.2, 0.25) is 0 Å². The summed E-state index contributed by atoms with van der Waals surface area (Å²) in [4.78, 5) is 39.7. The van der Waals surface area contributed by atoms with Crippen LogP contribution < -0.4 is 4.80 Å². The first kappa shape index (κ1) is 21.0. The van der Waals surface area contributed by atoms with E-state index >= 15 is 0 Å². The zero-order valence-electron chi connectivity index (χ0n) is 16.2. The lowest BCUT2D eigenvalue weighted by Crippen LogP contribution is -2.16. The molecule has 0 aliphatic heterocycles. The van der Waals surface area contributed by atoms with Crippen molar-refractivity contribution in [2.24, 2.45) is 4.99 Å². The molecule has 1 aromatic heterocycles. The van der Waals surface area contributed by atoms with Crippen molar-refractivity contribution in [2.45, 2.75) is 20.4 Å². The van der Waals surface area contributed by atoms with Crippen molar-refractivity contribution in [3.63, 3.8) is 0 Å². The van der Waals surface area contributed by atoms with E-state index in [-0.39, 0.29) is 24.4 Å². The summed E-state index contributed by atoms with van der Waals surface area (Å²) in [5, 5.41) is 11.1. The van der Waals surface area contributed by atoms with E-state index in [2.05, 4.69) is 10.9 Å². The molecule has 0 unspecified atom stereocenters. The third-order valence-corrected chi connectivity index (χ3v) is 5.33. The summed E-state index contributed by atoms with van der Waals surface area (Å²) in [7, 11) is 0. The summed E-state index contributed by atoms with van der Waals surface area (Å²) in [6.07, 6.45) is 5.47. The number of amides is 1. The van der Waals surface area contributed by atoms with Gasteiger partial charge in [-0.2, -0.15) is 4.99 Å². The van der Waals surface area contributed by atoms with Gasteiger partial charge in [-0.25, -0.2) is 4.79 Å². The molecule has 8 nitrogen and oxygen atoms in total. The minimum absolute atomic E-state index is 0.101. The lowest BCUT2D eigenvalue weighted by Gasteiger charge is -2.03. The highest BCUT2D eigenvalue weighted by Gasteiger charge is 2.16. The quantitative estimate of drug-likeness (QED) is 0.270. The molecule has 30 heavy (non-hydrogen) atoms. The Morgan fingerprint density at radius 3 is 2.67 bits per heavy atom. The number of carbonyl (C=O) groups excluding carboxylic acids is 2. The molecule has 2 aromatic carbocycles. The molecule has 0 bridgehead atoms. The molecule has 0 spiro atoms. The minimum atomic E-state index is -0.624. The highest BCUT2D eigenvalue weighted by molar-refractivity contribution is 7.16. The third kappa shape index (κ3) is 4.14. The number of nitrogens with zero attached hydrogens (tertiary/aromatic N) is 3. The number of rotatable bonds is 5. The lowest BCUT2D eigenvalue weighted by molar-refractivity contribution is -0.385. The molecule has 0 saturated carbocycles. The number of benzene rings is 2. The zero-order chi connectivity index (χ0) is 21.8. The number of fused-ring (bicyclic) bond motifs is 1. The fraction of sp³-hybridized carbons (Fsp3) is 0.190. The SMILES string of the molecule is C#CCn1c(=NC(=O)c2ccc(C)c([N+](=O)[O-])c2)sc2cc(C(=O)OCC)ccc21. The Balaban J connectivity index is 2.11. The van der Waals surface area contributed by atoms with Gasteiger partial charge in [0.05, 0.1) is 33.9 Å². The van der Waals surface area contributed by atoms with Gasteiger partial charge < -0.3 is 9.30 Å². The number of nitro groups is 1. The van der Waals surface area contributed by atoms with Crippen LogP contribution in [0.15, 0.2) is 41.4 Å². The Kier molecular flexibility index (Phi) is 6.09. The Hall–Kier alpha value is -3.77. The second kappa shape index (κ2) is 8.71. The molecule has 1 heterocycles. The lowest BCUT2D eigenvalue weighted by atomic mass is 10.1. The topological polar surface area (TPSA) is 104 Å². The highest BCUT2D eigenvalue weighted by atomic mass is 32.1. The summed E-state index contributed by atoms with van der Waals surface area (Å²) in [5.74, 6) is 1.45. The normalized spacial score (nSPS) is 11.3. The number of aryl methyl sites for hydroxylation is 1. The van der Waals surface area contributed by atoms with Crippen LogP contribution in [0.3, 0.4) is 0 Å². The summed E-state index contributed by atoms with van der Waals surface area (Å²) < 4.78 is 7.40. The molecule has 152 valence electrons. The third-order valence-electron chi connectivity index (χ3n) is 4.29. The van der Waals surface area contributed by atoms with Crippen molar-refractivity contribution in [3.05, 3.63) is 68.0 Å². The number of thiazole rings is 1. The second-order valence-corrected chi connectivity index (χ2v) is 7.26. The van der Waals surface area contributed by atoms with Gasteiger partial charge in [0, 0.05) is 17.2 Å². The summed E-state index contributed by atoms with van der Waals surface area (Å²) in [6, 6.07) is 9.20. The summed E-state index contributed by atoms with van der Waals surface area (Å²) in [5.41, 5.74) is 1.50. The zero-order valence-corrected chi connectivity index (χ0v) is 17.1. The Bertz CT molecular complexity index is 1280.